The third-order valence-electron chi connectivity index (χ3n) is 5.52. The van der Waals surface area contributed by atoms with Crippen molar-refractivity contribution in [1.82, 2.24) is 20.4 Å². The van der Waals surface area contributed by atoms with Crippen LogP contribution in [-0.4, -0.2) is 27.6 Å². The van der Waals surface area contributed by atoms with Gasteiger partial charge in [0.2, 0.25) is 0 Å². The van der Waals surface area contributed by atoms with Crippen molar-refractivity contribution in [1.29, 1.82) is 0 Å². The molecule has 27 heavy (non-hydrogen) atoms. The van der Waals surface area contributed by atoms with Gasteiger partial charge in [0.15, 0.2) is 5.69 Å². The number of hydrogen-bond acceptors (Lipinski definition) is 4. The Bertz CT molecular complexity index is 886. The zero-order chi connectivity index (χ0) is 18.8. The summed E-state index contributed by atoms with van der Waals surface area (Å²) in [5, 5.41) is 6.89. The molecule has 6 nitrogen and oxygen atoms in total. The predicted octanol–water partition coefficient (Wildman–Crippen LogP) is 4.38. The van der Waals surface area contributed by atoms with Crippen molar-refractivity contribution in [3.63, 3.8) is 0 Å². The van der Waals surface area contributed by atoms with E-state index in [1.165, 1.54) is 0 Å². The molecule has 0 aliphatic heterocycles. The van der Waals surface area contributed by atoms with Crippen LogP contribution in [0.5, 0.6) is 0 Å². The lowest BCUT2D eigenvalue weighted by Gasteiger charge is -2.27. The number of aromatic amines is 1. The van der Waals surface area contributed by atoms with Crippen LogP contribution in [0.2, 0.25) is 0 Å². The van der Waals surface area contributed by atoms with E-state index in [4.69, 9.17) is 9.51 Å². The number of hydrogen-bond donors (Lipinski definition) is 2. The summed E-state index contributed by atoms with van der Waals surface area (Å²) in [4.78, 5) is 20.5. The van der Waals surface area contributed by atoms with Crippen molar-refractivity contribution in [2.75, 3.05) is 6.54 Å². The van der Waals surface area contributed by atoms with Gasteiger partial charge in [-0.05, 0) is 43.7 Å². The third-order valence-corrected chi connectivity index (χ3v) is 5.52. The van der Waals surface area contributed by atoms with Crippen LogP contribution < -0.4 is 5.32 Å². The molecule has 1 aliphatic rings. The molecule has 0 radical (unpaired) electrons. The molecule has 2 aromatic heterocycles. The minimum absolute atomic E-state index is 0.148. The molecule has 0 spiro atoms. The fraction of sp³-hybridized carbons (Fsp3) is 0.476. The minimum atomic E-state index is -0.148. The van der Waals surface area contributed by atoms with E-state index < -0.39 is 0 Å². The van der Waals surface area contributed by atoms with Gasteiger partial charge in [-0.2, -0.15) is 0 Å². The van der Waals surface area contributed by atoms with Gasteiger partial charge >= 0.3 is 0 Å². The highest BCUT2D eigenvalue weighted by Gasteiger charge is 2.25. The highest BCUT2D eigenvalue weighted by Crippen LogP contribution is 2.35. The Kier molecular flexibility index (Phi) is 4.97. The molecule has 1 fully saturated rings. The van der Waals surface area contributed by atoms with Gasteiger partial charge in [-0.15, -0.1) is 0 Å². The maximum Gasteiger partial charge on any atom is 0.273 e. The van der Waals surface area contributed by atoms with Crippen molar-refractivity contribution in [3.05, 3.63) is 47.6 Å². The van der Waals surface area contributed by atoms with Gasteiger partial charge in [0.05, 0.1) is 11.0 Å². The molecule has 0 bridgehead atoms. The third kappa shape index (κ3) is 3.89. The number of aromatic nitrogens is 3. The van der Waals surface area contributed by atoms with E-state index in [1.807, 2.05) is 32.0 Å². The summed E-state index contributed by atoms with van der Waals surface area (Å²) in [6, 6.07) is 9.90. The molecule has 1 aromatic carbocycles. The standard InChI is InChI=1S/C21H26N4O2/c1-13(2)19-11-18(25-27-19)21(26)22-12-14-7-9-15(10-8-14)20-23-16-5-3-4-6-17(16)24-20/h3-6,11,13-15H,7-10,12H2,1-2H3,(H,22,26)(H,23,24). The smallest absolute Gasteiger partial charge is 0.273 e. The lowest BCUT2D eigenvalue weighted by atomic mass is 9.81. The Balaban J connectivity index is 1.28. The summed E-state index contributed by atoms with van der Waals surface area (Å²) in [6.45, 7) is 4.72. The molecular formula is C21H26N4O2. The van der Waals surface area contributed by atoms with Crippen molar-refractivity contribution in [3.8, 4) is 0 Å². The number of para-hydroxylation sites is 2. The van der Waals surface area contributed by atoms with Gasteiger partial charge < -0.3 is 14.8 Å². The van der Waals surface area contributed by atoms with Crippen LogP contribution in [0.1, 0.15) is 73.4 Å². The molecule has 3 aromatic rings. The molecule has 0 atom stereocenters. The first-order chi connectivity index (χ1) is 13.1. The molecule has 0 saturated heterocycles. The second-order valence-electron chi connectivity index (χ2n) is 7.84. The quantitative estimate of drug-likeness (QED) is 0.702. The number of benzene rings is 1. The Hall–Kier alpha value is -2.63. The largest absolute Gasteiger partial charge is 0.360 e. The lowest BCUT2D eigenvalue weighted by molar-refractivity contribution is 0.0933. The SMILES string of the molecule is CC(C)c1cc(C(=O)NCC2CCC(c3nc4ccccc4[nH]3)CC2)no1. The summed E-state index contributed by atoms with van der Waals surface area (Å²) >= 11 is 0. The van der Waals surface area contributed by atoms with E-state index in [1.54, 1.807) is 6.07 Å². The van der Waals surface area contributed by atoms with Crippen molar-refractivity contribution in [2.24, 2.45) is 5.92 Å². The van der Waals surface area contributed by atoms with E-state index in [9.17, 15) is 4.79 Å². The van der Waals surface area contributed by atoms with Crippen molar-refractivity contribution < 1.29 is 9.32 Å². The number of H-pyrrole nitrogens is 1. The van der Waals surface area contributed by atoms with Crippen LogP contribution >= 0.6 is 0 Å². The van der Waals surface area contributed by atoms with Gasteiger partial charge in [0.25, 0.3) is 5.91 Å². The maximum absolute atomic E-state index is 12.3. The Labute approximate surface area is 158 Å². The molecule has 2 N–H and O–H groups in total. The van der Waals surface area contributed by atoms with Crippen LogP contribution in [0.15, 0.2) is 34.9 Å². The Morgan fingerprint density at radius 3 is 2.74 bits per heavy atom. The number of nitrogens with one attached hydrogen (secondary N) is 2. The Morgan fingerprint density at radius 1 is 1.26 bits per heavy atom. The summed E-state index contributed by atoms with van der Waals surface area (Å²) < 4.78 is 5.21. The van der Waals surface area contributed by atoms with Crippen LogP contribution in [-0.2, 0) is 0 Å². The predicted molar refractivity (Wildman–Crippen MR) is 104 cm³/mol. The average molecular weight is 366 g/mol. The topological polar surface area (TPSA) is 83.8 Å². The van der Waals surface area contributed by atoms with Gasteiger partial charge in [0.1, 0.15) is 11.6 Å². The molecule has 2 heterocycles. The van der Waals surface area contributed by atoms with Crippen LogP contribution in [0.4, 0.5) is 0 Å². The van der Waals surface area contributed by atoms with Gasteiger partial charge in [-0.1, -0.05) is 31.1 Å². The van der Waals surface area contributed by atoms with Crippen LogP contribution in [0.25, 0.3) is 11.0 Å². The summed E-state index contributed by atoms with van der Waals surface area (Å²) in [5.41, 5.74) is 2.51. The molecule has 6 heteroatoms. The molecule has 1 amide bonds. The van der Waals surface area contributed by atoms with E-state index >= 15 is 0 Å². The first-order valence-electron chi connectivity index (χ1n) is 9.79. The number of imidazole rings is 1. The van der Waals surface area contributed by atoms with Gasteiger partial charge in [-0.3, -0.25) is 4.79 Å². The van der Waals surface area contributed by atoms with Crippen molar-refractivity contribution >= 4 is 16.9 Å². The molecule has 1 aliphatic carbocycles. The second-order valence-corrected chi connectivity index (χ2v) is 7.84. The molecule has 142 valence electrons. The molecular weight excluding hydrogens is 340 g/mol. The first kappa shape index (κ1) is 17.8. The van der Waals surface area contributed by atoms with Gasteiger partial charge in [0, 0.05) is 24.4 Å². The minimum Gasteiger partial charge on any atom is -0.360 e. The lowest BCUT2D eigenvalue weighted by Crippen LogP contribution is -2.31. The molecule has 4 rings (SSSR count). The maximum atomic E-state index is 12.3. The molecule has 1 saturated carbocycles. The first-order valence-corrected chi connectivity index (χ1v) is 9.79. The number of amides is 1. The monoisotopic (exact) mass is 366 g/mol. The van der Waals surface area contributed by atoms with E-state index in [2.05, 4.69) is 21.5 Å². The van der Waals surface area contributed by atoms with Crippen LogP contribution in [0, 0.1) is 5.92 Å². The number of carbonyl (C=O) groups excluding carboxylic acids is 1. The highest BCUT2D eigenvalue weighted by molar-refractivity contribution is 5.92. The van der Waals surface area contributed by atoms with Crippen molar-refractivity contribution in [2.45, 2.75) is 51.4 Å². The highest BCUT2D eigenvalue weighted by atomic mass is 16.5. The number of nitrogens with zero attached hydrogens (tertiary/aromatic N) is 2. The number of fused-ring (bicyclic) bond motifs is 1. The van der Waals surface area contributed by atoms with Crippen LogP contribution in [0.3, 0.4) is 0 Å². The Morgan fingerprint density at radius 2 is 2.04 bits per heavy atom. The summed E-state index contributed by atoms with van der Waals surface area (Å²) in [5.74, 6) is 2.91. The van der Waals surface area contributed by atoms with E-state index in [0.717, 1.165) is 48.3 Å². The summed E-state index contributed by atoms with van der Waals surface area (Å²) in [6.07, 6.45) is 4.39. The number of carbonyl (C=O) groups is 1. The summed E-state index contributed by atoms with van der Waals surface area (Å²) in [7, 11) is 0. The zero-order valence-corrected chi connectivity index (χ0v) is 15.9. The zero-order valence-electron chi connectivity index (χ0n) is 15.9. The van der Waals surface area contributed by atoms with Gasteiger partial charge in [-0.25, -0.2) is 4.98 Å². The molecule has 0 unspecified atom stereocenters. The fourth-order valence-electron chi connectivity index (χ4n) is 3.80. The van der Waals surface area contributed by atoms with E-state index in [0.29, 0.717) is 24.1 Å². The number of rotatable bonds is 5. The fourth-order valence-corrected chi connectivity index (χ4v) is 3.80. The normalized spacial score (nSPS) is 20.3. The second kappa shape index (κ2) is 7.55. The average Bonchev–Trinajstić information content (AvgIpc) is 3.33. The van der Waals surface area contributed by atoms with E-state index in [-0.39, 0.29) is 11.8 Å².